The number of hydrogen-bond donors (Lipinski definition) is 0. The second-order valence-electron chi connectivity index (χ2n) is 30.2. The van der Waals surface area contributed by atoms with E-state index in [9.17, 15) is 8.00 Å². The Hall–Kier alpha value is -10.6. The number of anilines is 6. The molecule has 0 fully saturated rings. The SMILES string of the molecule is [2H]c1c([2H])c([2H])c(-c2ccc3c(c2)N(c2cc(-n4c5ccccc5c5ccccc54)ccc2C#N)c2cc(C(C)(C)C)cc4c2B3c2ccc(-n3c5ccc(C(C)(C)C)cc5c5cc(C(C)(C)C)ccc53)cc2N4c2c(-c3ccccc3)cc(C(C)(C)C)cc2-c2ccccc2)c([2H])c1[2H]. The molecule has 0 radical (unpaired) electrons. The van der Waals surface area contributed by atoms with E-state index in [1.807, 2.05) is 24.3 Å². The van der Waals surface area contributed by atoms with Crippen molar-refractivity contribution in [1.29, 1.82) is 5.26 Å². The van der Waals surface area contributed by atoms with Gasteiger partial charge in [0.1, 0.15) is 6.07 Å². The predicted octanol–water partition coefficient (Wildman–Crippen LogP) is 22.0. The molecular weight excluding hydrogens is 1150 g/mol. The van der Waals surface area contributed by atoms with Crippen molar-refractivity contribution >= 4 is 101 Å². The molecule has 2 aromatic heterocycles. The van der Waals surface area contributed by atoms with Crippen molar-refractivity contribution in [3.05, 3.63) is 282 Å². The van der Waals surface area contributed by atoms with Gasteiger partial charge in [0.25, 0.3) is 6.71 Å². The van der Waals surface area contributed by atoms with E-state index in [2.05, 4.69) is 308 Å². The number of nitrogens with zero attached hydrogens (tertiary/aromatic N) is 5. The average molecular weight is 1230 g/mol. The number of aromatic nitrogens is 2. The molecular formula is C89H78BN5. The van der Waals surface area contributed by atoms with Gasteiger partial charge in [0.15, 0.2) is 0 Å². The number of rotatable bonds is 7. The van der Waals surface area contributed by atoms with E-state index in [0.717, 1.165) is 111 Å². The van der Waals surface area contributed by atoms with Crippen LogP contribution in [0.15, 0.2) is 255 Å². The van der Waals surface area contributed by atoms with E-state index in [1.54, 1.807) is 0 Å². The smallest absolute Gasteiger partial charge is 0.252 e. The summed E-state index contributed by atoms with van der Waals surface area (Å²) >= 11 is 0. The van der Waals surface area contributed by atoms with Gasteiger partial charge in [-0.2, -0.15) is 5.26 Å². The Morgan fingerprint density at radius 1 is 0.347 bits per heavy atom. The van der Waals surface area contributed by atoms with Crippen LogP contribution in [0.25, 0.3) is 88.4 Å². The fourth-order valence-electron chi connectivity index (χ4n) is 15.0. The van der Waals surface area contributed by atoms with Gasteiger partial charge in [0.2, 0.25) is 0 Å². The van der Waals surface area contributed by atoms with Gasteiger partial charge < -0.3 is 18.9 Å². The van der Waals surface area contributed by atoms with E-state index in [1.165, 1.54) is 27.5 Å². The average Bonchev–Trinajstić information content (AvgIpc) is 0.776. The van der Waals surface area contributed by atoms with Gasteiger partial charge in [-0.05, 0) is 180 Å². The molecule has 0 bridgehead atoms. The van der Waals surface area contributed by atoms with Gasteiger partial charge in [-0.1, -0.05) is 241 Å². The molecule has 4 heterocycles. The minimum Gasteiger partial charge on any atom is -0.310 e. The summed E-state index contributed by atoms with van der Waals surface area (Å²) in [6.45, 7) is 26.9. The summed E-state index contributed by atoms with van der Waals surface area (Å²) in [7, 11) is 0. The van der Waals surface area contributed by atoms with E-state index in [-0.39, 0.29) is 33.9 Å². The van der Waals surface area contributed by atoms with Crippen LogP contribution >= 0.6 is 0 Å². The molecule has 2 aliphatic heterocycles. The molecule has 0 aliphatic carbocycles. The van der Waals surface area contributed by atoms with E-state index >= 15 is 0 Å². The van der Waals surface area contributed by atoms with Crippen molar-refractivity contribution in [2.75, 3.05) is 9.80 Å². The molecule has 0 saturated heterocycles. The molecule has 0 amide bonds. The van der Waals surface area contributed by atoms with Gasteiger partial charge in [0, 0.05) is 66.8 Å². The lowest BCUT2D eigenvalue weighted by Crippen LogP contribution is -2.61. The van der Waals surface area contributed by atoms with Crippen molar-refractivity contribution in [3.63, 3.8) is 0 Å². The van der Waals surface area contributed by atoms with E-state index < -0.39 is 30.3 Å². The Bertz CT molecular complexity index is 5600. The highest BCUT2D eigenvalue weighted by atomic mass is 15.2. The summed E-state index contributed by atoms with van der Waals surface area (Å²) in [4.78, 5) is 4.83. The lowest BCUT2D eigenvalue weighted by molar-refractivity contribution is 0.590. The highest BCUT2D eigenvalue weighted by Gasteiger charge is 2.46. The number of fused-ring (bicyclic) bond motifs is 10. The Morgan fingerprint density at radius 2 is 0.789 bits per heavy atom. The lowest BCUT2D eigenvalue weighted by Gasteiger charge is -2.46. The normalized spacial score (nSPS) is 13.9. The Balaban J connectivity index is 1.08. The summed E-state index contributed by atoms with van der Waals surface area (Å²) in [5, 5.41) is 16.4. The van der Waals surface area contributed by atoms with Crippen LogP contribution in [-0.4, -0.2) is 15.8 Å². The zero-order valence-corrected chi connectivity index (χ0v) is 56.2. The zero-order chi connectivity index (χ0) is 70.0. The second-order valence-corrected chi connectivity index (χ2v) is 30.2. The second kappa shape index (κ2) is 21.7. The third-order valence-electron chi connectivity index (χ3n) is 20.0. The van der Waals surface area contributed by atoms with Crippen molar-refractivity contribution in [1.82, 2.24) is 9.13 Å². The van der Waals surface area contributed by atoms with Crippen molar-refractivity contribution < 1.29 is 6.85 Å². The van der Waals surface area contributed by atoms with Gasteiger partial charge in [0.05, 0.1) is 45.9 Å². The zero-order valence-electron chi connectivity index (χ0n) is 61.2. The molecule has 12 aromatic carbocycles. The fourth-order valence-corrected chi connectivity index (χ4v) is 15.0. The summed E-state index contributed by atoms with van der Waals surface area (Å²) < 4.78 is 50.4. The maximum atomic E-state index is 11.8. The predicted molar refractivity (Wildman–Crippen MR) is 405 cm³/mol. The van der Waals surface area contributed by atoms with Crippen molar-refractivity contribution in [2.45, 2.75) is 105 Å². The molecule has 6 heteroatoms. The van der Waals surface area contributed by atoms with Gasteiger partial charge >= 0.3 is 0 Å². The molecule has 16 rings (SSSR count). The van der Waals surface area contributed by atoms with E-state index in [0.29, 0.717) is 22.5 Å². The van der Waals surface area contributed by atoms with Crippen molar-refractivity contribution in [3.8, 4) is 50.8 Å². The third kappa shape index (κ3) is 9.72. The fraction of sp³-hybridized carbons (Fsp3) is 0.180. The lowest BCUT2D eigenvalue weighted by atomic mass is 9.33. The maximum Gasteiger partial charge on any atom is 0.252 e. The first-order valence-electron chi connectivity index (χ1n) is 35.7. The highest BCUT2D eigenvalue weighted by molar-refractivity contribution is 7.00. The third-order valence-corrected chi connectivity index (χ3v) is 20.0. The van der Waals surface area contributed by atoms with Crippen LogP contribution in [-0.2, 0) is 21.7 Å². The van der Waals surface area contributed by atoms with Gasteiger partial charge in [-0.15, -0.1) is 0 Å². The van der Waals surface area contributed by atoms with Crippen LogP contribution in [0.3, 0.4) is 0 Å². The summed E-state index contributed by atoms with van der Waals surface area (Å²) in [5.41, 5.74) is 23.4. The molecule has 0 spiro atoms. The quantitative estimate of drug-likeness (QED) is 0.149. The Kier molecular flexibility index (Phi) is 12.3. The molecule has 0 unspecified atom stereocenters. The molecule has 0 N–H and O–H groups in total. The Labute approximate surface area is 566 Å². The summed E-state index contributed by atoms with van der Waals surface area (Å²) in [6, 6.07) is 82.2. The number of hydrogen-bond acceptors (Lipinski definition) is 3. The molecule has 5 nitrogen and oxygen atoms in total. The van der Waals surface area contributed by atoms with Crippen LogP contribution in [0.4, 0.5) is 34.1 Å². The summed E-state index contributed by atoms with van der Waals surface area (Å²) in [5.74, 6) is 0. The van der Waals surface area contributed by atoms with Gasteiger partial charge in [-0.3, -0.25) is 0 Å². The first-order chi connectivity index (χ1) is 47.7. The number of nitriles is 1. The standard InChI is InChI=1S/C89H78BN5/c1-86(2,3)61-38-44-77-71(47-61)72-48-62(87(4,5)6)39-45-78(72)93(77)66-41-43-74-81(54-66)95(85-69(57-28-18-14-19-29-57)49-63(88(7,8)9)50-70(85)58-30-20-15-21-31-58)83-52-64(89(10,11)12)51-82-84(83)90(74)73-42-37-59(56-26-16-13-17-27-56)46-80(73)94(82)79-53-65(40-36-60(79)55-91)92-75-34-24-22-32-67(75)68-33-23-25-35-76(68)92/h13-54H,1-12H3/i13D,16D,17D,26D,27D. The topological polar surface area (TPSA) is 40.1 Å². The minimum atomic E-state index is -0.458. The molecule has 462 valence electrons. The molecule has 14 aromatic rings. The molecule has 0 atom stereocenters. The first kappa shape index (κ1) is 53.9. The van der Waals surface area contributed by atoms with E-state index in [4.69, 9.17) is 4.11 Å². The van der Waals surface area contributed by atoms with Crippen LogP contribution in [0.5, 0.6) is 0 Å². The van der Waals surface area contributed by atoms with Crippen molar-refractivity contribution in [2.24, 2.45) is 0 Å². The Morgan fingerprint density at radius 3 is 1.31 bits per heavy atom. The summed E-state index contributed by atoms with van der Waals surface area (Å²) in [6.07, 6.45) is 0. The molecule has 2 aliphatic rings. The molecule has 95 heavy (non-hydrogen) atoms. The largest absolute Gasteiger partial charge is 0.310 e. The monoisotopic (exact) mass is 1230 g/mol. The number of para-hydroxylation sites is 2. The highest BCUT2D eigenvalue weighted by Crippen LogP contribution is 2.54. The minimum absolute atomic E-state index is 0.0964. The maximum absolute atomic E-state index is 11.8. The van der Waals surface area contributed by atoms with Crippen LogP contribution < -0.4 is 26.2 Å². The number of benzene rings is 12. The van der Waals surface area contributed by atoms with Crippen LogP contribution in [0.1, 0.15) is 118 Å². The van der Waals surface area contributed by atoms with Crippen LogP contribution in [0, 0.1) is 11.3 Å². The molecule has 0 saturated carbocycles. The first-order valence-corrected chi connectivity index (χ1v) is 33.2. The van der Waals surface area contributed by atoms with Gasteiger partial charge in [-0.25, -0.2) is 0 Å². The van der Waals surface area contributed by atoms with Crippen LogP contribution in [0.2, 0.25) is 0 Å².